The van der Waals surface area contributed by atoms with Crippen LogP contribution in [0.15, 0.2) is 35.3 Å². The Balaban J connectivity index is 2.59. The van der Waals surface area contributed by atoms with Crippen molar-refractivity contribution in [1.82, 2.24) is 5.32 Å². The molecule has 0 aliphatic heterocycles. The maximum atomic E-state index is 12.0. The number of hydrogen-bond acceptors (Lipinski definition) is 2. The van der Waals surface area contributed by atoms with Gasteiger partial charge in [0, 0.05) is 6.54 Å². The van der Waals surface area contributed by atoms with E-state index in [2.05, 4.69) is 32.6 Å². The highest BCUT2D eigenvalue weighted by Crippen LogP contribution is 2.30. The molecular formula is C12H13BrF3NO. The summed E-state index contributed by atoms with van der Waals surface area (Å²) in [5, 5.41) is 3.14. The maximum Gasteiger partial charge on any atom is 0.573 e. The van der Waals surface area contributed by atoms with E-state index in [4.69, 9.17) is 0 Å². The van der Waals surface area contributed by atoms with Gasteiger partial charge in [-0.05, 0) is 46.6 Å². The van der Waals surface area contributed by atoms with Gasteiger partial charge in [0.15, 0.2) is 0 Å². The predicted octanol–water partition coefficient (Wildman–Crippen LogP) is 4.01. The highest BCUT2D eigenvalue weighted by Gasteiger charge is 2.31. The first-order valence-electron chi connectivity index (χ1n) is 5.28. The second-order valence-corrected chi connectivity index (χ2v) is 4.42. The molecule has 0 fully saturated rings. The van der Waals surface area contributed by atoms with E-state index in [1.807, 2.05) is 0 Å². The summed E-state index contributed by atoms with van der Waals surface area (Å²) < 4.78 is 40.3. The third-order valence-electron chi connectivity index (χ3n) is 2.08. The lowest BCUT2D eigenvalue weighted by Gasteiger charge is -2.11. The fourth-order valence-corrected chi connectivity index (χ4v) is 1.81. The van der Waals surface area contributed by atoms with Crippen molar-refractivity contribution in [3.8, 4) is 5.75 Å². The van der Waals surface area contributed by atoms with E-state index >= 15 is 0 Å². The van der Waals surface area contributed by atoms with Crippen LogP contribution < -0.4 is 10.1 Å². The molecule has 0 aliphatic rings. The second kappa shape index (κ2) is 6.80. The third kappa shape index (κ3) is 5.55. The number of halogens is 4. The summed E-state index contributed by atoms with van der Waals surface area (Å²) in [6, 6.07) is 4.48. The number of alkyl halides is 3. The molecule has 18 heavy (non-hydrogen) atoms. The Kier molecular flexibility index (Phi) is 5.68. The molecule has 1 N–H and O–H groups in total. The van der Waals surface area contributed by atoms with Crippen molar-refractivity contribution in [2.24, 2.45) is 0 Å². The van der Waals surface area contributed by atoms with Crippen LogP contribution in [-0.2, 0) is 6.54 Å². The summed E-state index contributed by atoms with van der Waals surface area (Å²) in [6.07, 6.45) is -2.04. The lowest BCUT2D eigenvalue weighted by Crippen LogP contribution is -2.18. The first-order valence-corrected chi connectivity index (χ1v) is 6.07. The molecule has 0 aromatic heterocycles. The van der Waals surface area contributed by atoms with Crippen LogP contribution in [0.2, 0.25) is 0 Å². The van der Waals surface area contributed by atoms with Crippen molar-refractivity contribution >= 4 is 15.9 Å². The molecule has 100 valence electrons. The molecule has 0 unspecified atom stereocenters. The molecule has 0 bridgehead atoms. The van der Waals surface area contributed by atoms with Crippen molar-refractivity contribution < 1.29 is 17.9 Å². The van der Waals surface area contributed by atoms with Gasteiger partial charge < -0.3 is 10.1 Å². The minimum atomic E-state index is -4.67. The average molecular weight is 324 g/mol. The van der Waals surface area contributed by atoms with E-state index in [1.165, 1.54) is 6.07 Å². The van der Waals surface area contributed by atoms with Crippen LogP contribution >= 0.6 is 15.9 Å². The molecule has 2 nitrogen and oxygen atoms in total. The first kappa shape index (κ1) is 15.0. The van der Waals surface area contributed by atoms with Crippen LogP contribution in [0.25, 0.3) is 0 Å². The molecule has 0 spiro atoms. The largest absolute Gasteiger partial charge is 0.573 e. The molecule has 1 aromatic rings. The van der Waals surface area contributed by atoms with Crippen molar-refractivity contribution in [3.05, 3.63) is 40.9 Å². The van der Waals surface area contributed by atoms with Crippen LogP contribution in [0.5, 0.6) is 5.75 Å². The van der Waals surface area contributed by atoms with Crippen molar-refractivity contribution in [3.63, 3.8) is 0 Å². The molecule has 0 atom stereocenters. The summed E-state index contributed by atoms with van der Waals surface area (Å²) >= 11 is 3.05. The molecule has 0 saturated heterocycles. The Morgan fingerprint density at radius 3 is 2.67 bits per heavy atom. The molecule has 0 radical (unpaired) electrons. The molecule has 0 amide bonds. The fraction of sp³-hybridized carbons (Fsp3) is 0.333. The molecule has 6 heteroatoms. The Labute approximate surface area is 112 Å². The van der Waals surface area contributed by atoms with Crippen LogP contribution in [0.1, 0.15) is 12.0 Å². The molecule has 0 heterocycles. The Morgan fingerprint density at radius 1 is 1.39 bits per heavy atom. The molecule has 0 aliphatic carbocycles. The van der Waals surface area contributed by atoms with Crippen molar-refractivity contribution in [2.45, 2.75) is 19.3 Å². The Morgan fingerprint density at radius 2 is 2.11 bits per heavy atom. The zero-order valence-electron chi connectivity index (χ0n) is 9.56. The van der Waals surface area contributed by atoms with E-state index in [0.29, 0.717) is 6.54 Å². The van der Waals surface area contributed by atoms with Gasteiger partial charge >= 0.3 is 6.36 Å². The van der Waals surface area contributed by atoms with Gasteiger partial charge in [0.1, 0.15) is 5.75 Å². The van der Waals surface area contributed by atoms with Crippen LogP contribution in [0, 0.1) is 0 Å². The topological polar surface area (TPSA) is 21.3 Å². The third-order valence-corrected chi connectivity index (χ3v) is 2.70. The minimum absolute atomic E-state index is 0.239. The first-order chi connectivity index (χ1) is 8.42. The standard InChI is InChI=1S/C12H13BrF3NO/c1-2-3-6-17-8-9-4-5-11(10(13)7-9)18-12(14,15)16/h2,4-5,7,17H,1,3,6,8H2. The number of rotatable bonds is 6. The Hall–Kier alpha value is -1.01. The Bertz CT molecular complexity index is 407. The summed E-state index contributed by atoms with van der Waals surface area (Å²) in [5.74, 6) is -0.239. The lowest BCUT2D eigenvalue weighted by molar-refractivity contribution is -0.274. The minimum Gasteiger partial charge on any atom is -0.405 e. The summed E-state index contributed by atoms with van der Waals surface area (Å²) in [5.41, 5.74) is 0.875. The van der Waals surface area contributed by atoms with Gasteiger partial charge in [0.2, 0.25) is 0 Å². The van der Waals surface area contributed by atoms with Crippen molar-refractivity contribution in [2.75, 3.05) is 6.54 Å². The maximum absolute atomic E-state index is 12.0. The number of nitrogens with one attached hydrogen (secondary N) is 1. The van der Waals surface area contributed by atoms with Crippen LogP contribution in [-0.4, -0.2) is 12.9 Å². The van der Waals surface area contributed by atoms with Gasteiger partial charge in [0.25, 0.3) is 0 Å². The number of benzene rings is 1. The van der Waals surface area contributed by atoms with Gasteiger partial charge in [-0.25, -0.2) is 0 Å². The summed E-state index contributed by atoms with van der Waals surface area (Å²) in [7, 11) is 0. The van der Waals surface area contributed by atoms with E-state index in [-0.39, 0.29) is 10.2 Å². The van der Waals surface area contributed by atoms with E-state index in [0.717, 1.165) is 18.5 Å². The van der Waals surface area contributed by atoms with Gasteiger partial charge in [-0.15, -0.1) is 19.8 Å². The SMILES string of the molecule is C=CCCNCc1ccc(OC(F)(F)F)c(Br)c1. The molecule has 1 rings (SSSR count). The summed E-state index contributed by atoms with van der Waals surface area (Å²) in [6.45, 7) is 4.96. The van der Waals surface area contributed by atoms with E-state index < -0.39 is 6.36 Å². The summed E-state index contributed by atoms with van der Waals surface area (Å²) in [4.78, 5) is 0. The van der Waals surface area contributed by atoms with Crippen LogP contribution in [0.3, 0.4) is 0 Å². The second-order valence-electron chi connectivity index (χ2n) is 3.57. The highest BCUT2D eigenvalue weighted by atomic mass is 79.9. The van der Waals surface area contributed by atoms with Crippen molar-refractivity contribution in [1.29, 1.82) is 0 Å². The van der Waals surface area contributed by atoms with E-state index in [9.17, 15) is 13.2 Å². The highest BCUT2D eigenvalue weighted by molar-refractivity contribution is 9.10. The predicted molar refractivity (Wildman–Crippen MR) is 67.3 cm³/mol. The normalized spacial score (nSPS) is 11.3. The molecule has 1 aromatic carbocycles. The monoisotopic (exact) mass is 323 g/mol. The van der Waals surface area contributed by atoms with Crippen LogP contribution in [0.4, 0.5) is 13.2 Å². The number of hydrogen-bond donors (Lipinski definition) is 1. The zero-order chi connectivity index (χ0) is 13.6. The quantitative estimate of drug-likeness (QED) is 0.630. The smallest absolute Gasteiger partial charge is 0.405 e. The lowest BCUT2D eigenvalue weighted by atomic mass is 10.2. The molecular weight excluding hydrogens is 311 g/mol. The van der Waals surface area contributed by atoms with Gasteiger partial charge in [-0.2, -0.15) is 0 Å². The van der Waals surface area contributed by atoms with E-state index in [1.54, 1.807) is 18.2 Å². The van der Waals surface area contributed by atoms with Gasteiger partial charge in [-0.1, -0.05) is 12.1 Å². The van der Waals surface area contributed by atoms with Gasteiger partial charge in [0.05, 0.1) is 4.47 Å². The number of ether oxygens (including phenoxy) is 1. The van der Waals surface area contributed by atoms with Gasteiger partial charge in [-0.3, -0.25) is 0 Å². The molecule has 0 saturated carbocycles. The fourth-order valence-electron chi connectivity index (χ4n) is 1.30. The zero-order valence-corrected chi connectivity index (χ0v) is 11.1. The average Bonchev–Trinajstić information content (AvgIpc) is 2.26.